The summed E-state index contributed by atoms with van der Waals surface area (Å²) in [6.45, 7) is 1.92. The molecule has 5 rings (SSSR count). The fraction of sp³-hybridized carbons (Fsp3) is 0.304. The van der Waals surface area contributed by atoms with E-state index in [1.54, 1.807) is 31.6 Å². The molecule has 162 valence electrons. The standard InChI is InChI=1S/C23H22N6O3/c1-30-20-10-22-21(31-14-32-22)9-15(20)13-29-8-2-3-19(29)18-6-7-25-23(28-18)27-17-5-4-16(11-24)26-12-17/h4-7,9-10,12,19H,2-3,8,13-14H2,1H3,(H,25,27,28). The summed E-state index contributed by atoms with van der Waals surface area (Å²) < 4.78 is 16.6. The third-order valence-corrected chi connectivity index (χ3v) is 5.67. The number of hydrogen-bond acceptors (Lipinski definition) is 9. The normalized spacial score (nSPS) is 17.2. The molecule has 1 atom stereocenters. The minimum atomic E-state index is 0.174. The number of nitriles is 1. The molecule has 4 heterocycles. The highest BCUT2D eigenvalue weighted by molar-refractivity contribution is 5.53. The Labute approximate surface area is 185 Å². The molecule has 1 fully saturated rings. The number of nitrogens with zero attached hydrogens (tertiary/aromatic N) is 5. The van der Waals surface area contributed by atoms with Crippen molar-refractivity contribution in [2.75, 3.05) is 25.8 Å². The number of nitrogens with one attached hydrogen (secondary N) is 1. The van der Waals surface area contributed by atoms with Crippen LogP contribution in [0.15, 0.2) is 42.7 Å². The molecule has 0 aliphatic carbocycles. The highest BCUT2D eigenvalue weighted by Gasteiger charge is 2.29. The molecular weight excluding hydrogens is 408 g/mol. The van der Waals surface area contributed by atoms with E-state index in [9.17, 15) is 0 Å². The predicted molar refractivity (Wildman–Crippen MR) is 116 cm³/mol. The number of methoxy groups -OCH3 is 1. The molecule has 2 aliphatic heterocycles. The van der Waals surface area contributed by atoms with Crippen molar-refractivity contribution in [3.8, 4) is 23.3 Å². The van der Waals surface area contributed by atoms with Crippen molar-refractivity contribution in [3.63, 3.8) is 0 Å². The van der Waals surface area contributed by atoms with Gasteiger partial charge in [-0.1, -0.05) is 0 Å². The molecule has 3 aromatic rings. The molecule has 2 aromatic heterocycles. The molecule has 0 saturated carbocycles. The van der Waals surface area contributed by atoms with Gasteiger partial charge in [-0.2, -0.15) is 5.26 Å². The Bertz CT molecular complexity index is 1160. The quantitative estimate of drug-likeness (QED) is 0.628. The summed E-state index contributed by atoms with van der Waals surface area (Å²) in [5.41, 5.74) is 3.11. The van der Waals surface area contributed by atoms with E-state index in [2.05, 4.69) is 20.2 Å². The summed E-state index contributed by atoms with van der Waals surface area (Å²) in [6.07, 6.45) is 5.47. The lowest BCUT2D eigenvalue weighted by atomic mass is 10.1. The Morgan fingerprint density at radius 2 is 2.09 bits per heavy atom. The van der Waals surface area contributed by atoms with E-state index < -0.39 is 0 Å². The van der Waals surface area contributed by atoms with Gasteiger partial charge in [0.2, 0.25) is 12.7 Å². The molecular formula is C23H22N6O3. The number of aromatic nitrogens is 3. The van der Waals surface area contributed by atoms with Crippen molar-refractivity contribution in [2.24, 2.45) is 0 Å². The first-order chi connectivity index (χ1) is 15.7. The van der Waals surface area contributed by atoms with E-state index in [0.717, 1.165) is 54.4 Å². The zero-order valence-corrected chi connectivity index (χ0v) is 17.6. The maximum atomic E-state index is 8.90. The van der Waals surface area contributed by atoms with Gasteiger partial charge in [0.15, 0.2) is 11.5 Å². The van der Waals surface area contributed by atoms with E-state index in [-0.39, 0.29) is 12.8 Å². The fourth-order valence-electron chi connectivity index (χ4n) is 4.13. The van der Waals surface area contributed by atoms with Crippen LogP contribution in [-0.4, -0.2) is 40.3 Å². The lowest BCUT2D eigenvalue weighted by Crippen LogP contribution is -2.24. The summed E-state index contributed by atoms with van der Waals surface area (Å²) in [7, 11) is 1.67. The van der Waals surface area contributed by atoms with Gasteiger partial charge in [-0.3, -0.25) is 4.90 Å². The zero-order valence-electron chi connectivity index (χ0n) is 17.6. The summed E-state index contributed by atoms with van der Waals surface area (Å²) >= 11 is 0. The topological polar surface area (TPSA) is 105 Å². The van der Waals surface area contributed by atoms with Gasteiger partial charge < -0.3 is 19.5 Å². The van der Waals surface area contributed by atoms with Crippen LogP contribution in [0.4, 0.5) is 11.6 Å². The van der Waals surface area contributed by atoms with Gasteiger partial charge in [0.05, 0.1) is 30.7 Å². The van der Waals surface area contributed by atoms with Crippen molar-refractivity contribution in [3.05, 3.63) is 59.7 Å². The van der Waals surface area contributed by atoms with Crippen molar-refractivity contribution in [1.29, 1.82) is 5.26 Å². The molecule has 1 N–H and O–H groups in total. The monoisotopic (exact) mass is 430 g/mol. The third kappa shape index (κ3) is 4.00. The van der Waals surface area contributed by atoms with Gasteiger partial charge in [-0.15, -0.1) is 0 Å². The molecule has 0 radical (unpaired) electrons. The van der Waals surface area contributed by atoms with Crippen LogP contribution in [0.1, 0.15) is 35.8 Å². The zero-order chi connectivity index (χ0) is 21.9. The Balaban J connectivity index is 1.35. The Kier molecular flexibility index (Phi) is 5.44. The van der Waals surface area contributed by atoms with Gasteiger partial charge in [-0.05, 0) is 43.7 Å². The number of fused-ring (bicyclic) bond motifs is 1. The number of anilines is 2. The first-order valence-electron chi connectivity index (χ1n) is 10.4. The lowest BCUT2D eigenvalue weighted by Gasteiger charge is -2.25. The molecule has 1 unspecified atom stereocenters. The van der Waals surface area contributed by atoms with E-state index in [1.807, 2.05) is 24.3 Å². The smallest absolute Gasteiger partial charge is 0.231 e. The van der Waals surface area contributed by atoms with Crippen LogP contribution in [0.2, 0.25) is 0 Å². The molecule has 32 heavy (non-hydrogen) atoms. The Hall–Kier alpha value is -3.90. The fourth-order valence-corrected chi connectivity index (χ4v) is 4.13. The van der Waals surface area contributed by atoms with Gasteiger partial charge in [-0.25, -0.2) is 15.0 Å². The largest absolute Gasteiger partial charge is 0.496 e. The highest BCUT2D eigenvalue weighted by atomic mass is 16.7. The molecule has 1 saturated heterocycles. The van der Waals surface area contributed by atoms with Gasteiger partial charge in [0.25, 0.3) is 0 Å². The predicted octanol–water partition coefficient (Wildman–Crippen LogP) is 3.56. The number of pyridine rings is 1. The first kappa shape index (κ1) is 20.0. The molecule has 0 amide bonds. The van der Waals surface area contributed by atoms with Gasteiger partial charge in [0.1, 0.15) is 17.5 Å². The Morgan fingerprint density at radius 3 is 2.88 bits per heavy atom. The summed E-state index contributed by atoms with van der Waals surface area (Å²) in [6, 6.07) is 11.5. The maximum absolute atomic E-state index is 8.90. The van der Waals surface area contributed by atoms with Crippen molar-refractivity contribution >= 4 is 11.6 Å². The SMILES string of the molecule is COc1cc2c(cc1CN1CCCC1c1ccnc(Nc3ccc(C#N)nc3)n1)OCO2. The number of rotatable bonds is 6. The van der Waals surface area contributed by atoms with Crippen LogP contribution in [0.3, 0.4) is 0 Å². The van der Waals surface area contributed by atoms with Gasteiger partial charge >= 0.3 is 0 Å². The van der Waals surface area contributed by atoms with Crippen LogP contribution >= 0.6 is 0 Å². The van der Waals surface area contributed by atoms with Gasteiger partial charge in [0, 0.05) is 24.4 Å². The number of benzene rings is 1. The molecule has 2 aliphatic rings. The minimum Gasteiger partial charge on any atom is -0.496 e. The summed E-state index contributed by atoms with van der Waals surface area (Å²) in [5, 5.41) is 12.1. The van der Waals surface area contributed by atoms with Crippen LogP contribution in [0.5, 0.6) is 17.2 Å². The van der Waals surface area contributed by atoms with Crippen LogP contribution in [-0.2, 0) is 6.54 Å². The Morgan fingerprint density at radius 1 is 1.22 bits per heavy atom. The second kappa shape index (κ2) is 8.69. The van der Waals surface area contributed by atoms with Crippen LogP contribution in [0, 0.1) is 11.3 Å². The van der Waals surface area contributed by atoms with Crippen molar-refractivity contribution < 1.29 is 14.2 Å². The summed E-state index contributed by atoms with van der Waals surface area (Å²) in [5.74, 6) is 2.76. The molecule has 9 nitrogen and oxygen atoms in total. The summed E-state index contributed by atoms with van der Waals surface area (Å²) in [4.78, 5) is 15.6. The first-order valence-corrected chi connectivity index (χ1v) is 10.4. The van der Waals surface area contributed by atoms with E-state index in [1.165, 1.54) is 0 Å². The van der Waals surface area contributed by atoms with Crippen molar-refractivity contribution in [2.45, 2.75) is 25.4 Å². The molecule has 0 spiro atoms. The second-order valence-electron chi connectivity index (χ2n) is 7.62. The third-order valence-electron chi connectivity index (χ3n) is 5.67. The molecule has 1 aromatic carbocycles. The number of likely N-dealkylation sites (tertiary alicyclic amines) is 1. The number of ether oxygens (including phenoxy) is 3. The lowest BCUT2D eigenvalue weighted by molar-refractivity contribution is 0.173. The second-order valence-corrected chi connectivity index (χ2v) is 7.62. The average molecular weight is 430 g/mol. The molecule has 0 bridgehead atoms. The number of hydrogen-bond donors (Lipinski definition) is 1. The van der Waals surface area contributed by atoms with Crippen LogP contribution < -0.4 is 19.5 Å². The average Bonchev–Trinajstić information content (AvgIpc) is 3.48. The maximum Gasteiger partial charge on any atom is 0.231 e. The molecule has 9 heteroatoms. The minimum absolute atomic E-state index is 0.174. The van der Waals surface area contributed by atoms with E-state index in [0.29, 0.717) is 17.4 Å². The van der Waals surface area contributed by atoms with E-state index in [4.69, 9.17) is 24.5 Å². The van der Waals surface area contributed by atoms with Crippen molar-refractivity contribution in [1.82, 2.24) is 19.9 Å². The highest BCUT2D eigenvalue weighted by Crippen LogP contribution is 2.40. The van der Waals surface area contributed by atoms with Crippen LogP contribution in [0.25, 0.3) is 0 Å². The van der Waals surface area contributed by atoms with E-state index >= 15 is 0 Å².